The van der Waals surface area contributed by atoms with Gasteiger partial charge in [0.05, 0.1) is 11.8 Å². The molecule has 21 heavy (non-hydrogen) atoms. The Morgan fingerprint density at radius 1 is 1.38 bits per heavy atom. The summed E-state index contributed by atoms with van der Waals surface area (Å²) in [5.74, 6) is -1.55. The van der Waals surface area contributed by atoms with E-state index in [1.165, 1.54) is 11.9 Å². The fraction of sp³-hybridized carbons (Fsp3) is 0.143. The van der Waals surface area contributed by atoms with Gasteiger partial charge in [-0.1, -0.05) is 30.3 Å². The van der Waals surface area contributed by atoms with Crippen molar-refractivity contribution in [3.63, 3.8) is 0 Å². The van der Waals surface area contributed by atoms with E-state index in [2.05, 4.69) is 15.4 Å². The largest absolute Gasteiger partial charge is 0.478 e. The van der Waals surface area contributed by atoms with E-state index in [9.17, 15) is 9.59 Å². The quantitative estimate of drug-likeness (QED) is 0.488. The number of aliphatic imine (C=N–C) groups is 1. The van der Waals surface area contributed by atoms with Crippen LogP contribution in [-0.2, 0) is 9.59 Å². The lowest BCUT2D eigenvalue weighted by molar-refractivity contribution is -0.133. The Balaban J connectivity index is 2.18. The Morgan fingerprint density at radius 3 is 2.67 bits per heavy atom. The van der Waals surface area contributed by atoms with E-state index in [0.29, 0.717) is 0 Å². The zero-order chi connectivity index (χ0) is 15.4. The van der Waals surface area contributed by atoms with Crippen LogP contribution in [0.5, 0.6) is 0 Å². The second-order valence-electron chi connectivity index (χ2n) is 4.35. The number of nitrogens with one attached hydrogen (secondary N) is 1. The van der Waals surface area contributed by atoms with Crippen LogP contribution in [0.4, 0.5) is 0 Å². The van der Waals surface area contributed by atoms with Crippen molar-refractivity contribution >= 4 is 24.1 Å². The Bertz CT molecular complexity index is 662. The molecule has 2 N–H and O–H groups in total. The van der Waals surface area contributed by atoms with Crippen LogP contribution in [-0.4, -0.2) is 41.2 Å². The normalized spacial score (nSPS) is 16.7. The summed E-state index contributed by atoms with van der Waals surface area (Å²) < 4.78 is 0. The van der Waals surface area contributed by atoms with Crippen LogP contribution in [0.2, 0.25) is 0 Å². The molecular formula is C14H14N4O3. The van der Waals surface area contributed by atoms with Gasteiger partial charge in [0.15, 0.2) is 0 Å². The fourth-order valence-corrected chi connectivity index (χ4v) is 1.60. The SMILES string of the molecule is CC(C(=O)O)=C1N=C(N(C)N=Cc2ccccc2)NC1=O. The number of nitrogens with zero attached hydrogens (tertiary/aromatic N) is 3. The molecule has 0 saturated carbocycles. The molecule has 1 amide bonds. The number of amides is 1. The molecule has 0 fully saturated rings. The summed E-state index contributed by atoms with van der Waals surface area (Å²) in [6.07, 6.45) is 1.61. The summed E-state index contributed by atoms with van der Waals surface area (Å²) in [5.41, 5.74) is 0.675. The fourth-order valence-electron chi connectivity index (χ4n) is 1.60. The summed E-state index contributed by atoms with van der Waals surface area (Å²) in [5, 5.41) is 16.9. The van der Waals surface area contributed by atoms with Crippen LogP contribution in [0, 0.1) is 0 Å². The highest BCUT2D eigenvalue weighted by Gasteiger charge is 2.26. The zero-order valence-corrected chi connectivity index (χ0v) is 11.6. The topological polar surface area (TPSA) is 94.4 Å². The highest BCUT2D eigenvalue weighted by atomic mass is 16.4. The summed E-state index contributed by atoms with van der Waals surface area (Å²) in [7, 11) is 1.61. The van der Waals surface area contributed by atoms with E-state index in [-0.39, 0.29) is 17.2 Å². The predicted octanol–water partition coefficient (Wildman–Crippen LogP) is 0.797. The van der Waals surface area contributed by atoms with Crippen LogP contribution in [0.15, 0.2) is 51.7 Å². The monoisotopic (exact) mass is 286 g/mol. The van der Waals surface area contributed by atoms with Gasteiger partial charge in [-0.3, -0.25) is 10.1 Å². The Labute approximate surface area is 121 Å². The number of benzene rings is 1. The van der Waals surface area contributed by atoms with Gasteiger partial charge in [0.2, 0.25) is 5.96 Å². The maximum Gasteiger partial charge on any atom is 0.333 e. The van der Waals surface area contributed by atoms with Crippen molar-refractivity contribution in [1.29, 1.82) is 0 Å². The second-order valence-corrected chi connectivity index (χ2v) is 4.35. The van der Waals surface area contributed by atoms with Gasteiger partial charge in [0, 0.05) is 7.05 Å². The lowest BCUT2D eigenvalue weighted by Crippen LogP contribution is -2.34. The second kappa shape index (κ2) is 6.00. The summed E-state index contributed by atoms with van der Waals surface area (Å²) in [6.45, 7) is 1.33. The number of rotatable bonds is 3. The Kier molecular flexibility index (Phi) is 4.13. The van der Waals surface area contributed by atoms with Gasteiger partial charge < -0.3 is 5.11 Å². The summed E-state index contributed by atoms with van der Waals surface area (Å²) in [6, 6.07) is 9.42. The first-order chi connectivity index (χ1) is 9.99. The van der Waals surface area contributed by atoms with Gasteiger partial charge in [0.1, 0.15) is 5.70 Å². The van der Waals surface area contributed by atoms with Gasteiger partial charge in [-0.25, -0.2) is 14.8 Å². The maximum absolute atomic E-state index is 11.7. The van der Waals surface area contributed by atoms with E-state index in [4.69, 9.17) is 5.11 Å². The molecular weight excluding hydrogens is 272 g/mol. The van der Waals surface area contributed by atoms with E-state index < -0.39 is 11.9 Å². The first-order valence-corrected chi connectivity index (χ1v) is 6.16. The van der Waals surface area contributed by atoms with Crippen LogP contribution in [0.3, 0.4) is 0 Å². The number of carboxylic acid groups (broad SMARTS) is 1. The van der Waals surface area contributed by atoms with Crippen LogP contribution < -0.4 is 5.32 Å². The number of hydrogen-bond acceptors (Lipinski definition) is 5. The molecule has 1 aromatic rings. The van der Waals surface area contributed by atoms with Gasteiger partial charge >= 0.3 is 5.97 Å². The van der Waals surface area contributed by atoms with Crippen molar-refractivity contribution in [2.24, 2.45) is 10.1 Å². The number of carboxylic acids is 1. The number of hydrogen-bond donors (Lipinski definition) is 2. The molecule has 0 radical (unpaired) electrons. The molecule has 0 saturated heterocycles. The first-order valence-electron chi connectivity index (χ1n) is 6.16. The maximum atomic E-state index is 11.7. The first kappa shape index (κ1) is 14.4. The number of carbonyl (C=O) groups excluding carboxylic acids is 1. The van der Waals surface area contributed by atoms with Crippen molar-refractivity contribution in [2.75, 3.05) is 7.05 Å². The van der Waals surface area contributed by atoms with E-state index >= 15 is 0 Å². The number of carbonyl (C=O) groups is 2. The highest BCUT2D eigenvalue weighted by Crippen LogP contribution is 2.12. The predicted molar refractivity (Wildman–Crippen MR) is 77.7 cm³/mol. The van der Waals surface area contributed by atoms with Gasteiger partial charge in [-0.15, -0.1) is 0 Å². The average Bonchev–Trinajstić information content (AvgIpc) is 2.87. The average molecular weight is 286 g/mol. The summed E-state index contributed by atoms with van der Waals surface area (Å²) in [4.78, 5) is 26.5. The van der Waals surface area contributed by atoms with Crippen molar-refractivity contribution in [3.8, 4) is 0 Å². The molecule has 2 rings (SSSR count). The van der Waals surface area contributed by atoms with Gasteiger partial charge in [0.25, 0.3) is 5.91 Å². The van der Waals surface area contributed by atoms with Gasteiger partial charge in [-0.05, 0) is 12.5 Å². The third kappa shape index (κ3) is 3.33. The molecule has 0 unspecified atom stereocenters. The smallest absolute Gasteiger partial charge is 0.333 e. The van der Waals surface area contributed by atoms with E-state index in [1.807, 2.05) is 30.3 Å². The number of guanidine groups is 1. The molecule has 0 atom stereocenters. The molecule has 1 aromatic carbocycles. The molecule has 0 aromatic heterocycles. The van der Waals surface area contributed by atoms with Crippen molar-refractivity contribution in [2.45, 2.75) is 6.92 Å². The van der Waals surface area contributed by atoms with Crippen LogP contribution in [0.25, 0.3) is 0 Å². The molecule has 1 aliphatic rings. The lowest BCUT2D eigenvalue weighted by atomic mass is 10.2. The minimum Gasteiger partial charge on any atom is -0.478 e. The Hall–Kier alpha value is -2.96. The lowest BCUT2D eigenvalue weighted by Gasteiger charge is -2.10. The molecule has 0 bridgehead atoms. The molecule has 7 heteroatoms. The molecule has 1 aliphatic heterocycles. The highest BCUT2D eigenvalue weighted by molar-refractivity contribution is 6.14. The minimum atomic E-state index is -1.18. The van der Waals surface area contributed by atoms with Gasteiger partial charge in [-0.2, -0.15) is 5.10 Å². The van der Waals surface area contributed by atoms with Crippen molar-refractivity contribution in [1.82, 2.24) is 10.3 Å². The molecule has 0 aliphatic carbocycles. The third-order valence-electron chi connectivity index (χ3n) is 2.82. The summed E-state index contributed by atoms with van der Waals surface area (Å²) >= 11 is 0. The standard InChI is InChI=1S/C14H14N4O3/c1-9(13(20)21)11-12(19)17-14(16-11)18(2)15-8-10-6-4-3-5-7-10/h3-8H,1-2H3,(H,20,21)(H,16,17,19). The number of hydrazone groups is 1. The zero-order valence-electron chi connectivity index (χ0n) is 11.6. The number of aliphatic carboxylic acids is 1. The van der Waals surface area contributed by atoms with Crippen molar-refractivity contribution < 1.29 is 14.7 Å². The van der Waals surface area contributed by atoms with Crippen LogP contribution >= 0.6 is 0 Å². The van der Waals surface area contributed by atoms with E-state index in [0.717, 1.165) is 5.56 Å². The minimum absolute atomic E-state index is 0.108. The van der Waals surface area contributed by atoms with Crippen molar-refractivity contribution in [3.05, 3.63) is 47.2 Å². The Morgan fingerprint density at radius 2 is 2.05 bits per heavy atom. The molecule has 0 spiro atoms. The molecule has 108 valence electrons. The molecule has 1 heterocycles. The van der Waals surface area contributed by atoms with E-state index in [1.54, 1.807) is 13.3 Å². The van der Waals surface area contributed by atoms with Crippen LogP contribution in [0.1, 0.15) is 12.5 Å². The third-order valence-corrected chi connectivity index (χ3v) is 2.82. The molecule has 7 nitrogen and oxygen atoms in total.